The first-order valence-electron chi connectivity index (χ1n) is 17.4. The molecule has 1 heterocycles. The summed E-state index contributed by atoms with van der Waals surface area (Å²) >= 11 is 0. The molecule has 6 rings (SSSR count). The van der Waals surface area contributed by atoms with Gasteiger partial charge in [-0.25, -0.2) is 23.6 Å². The first-order chi connectivity index (χ1) is 25.7. The molecule has 0 saturated carbocycles. The minimum Gasteiger partial charge on any atom is -0.378 e. The summed E-state index contributed by atoms with van der Waals surface area (Å²) in [7, 11) is -7.71. The number of amides is 1. The second-order valence-electron chi connectivity index (χ2n) is 12.0. The van der Waals surface area contributed by atoms with Gasteiger partial charge >= 0.3 is 0 Å². The lowest BCUT2D eigenvalue weighted by atomic mass is 10.1. The Hall–Kier alpha value is -4.70. The summed E-state index contributed by atoms with van der Waals surface area (Å²) in [5.41, 5.74) is 2.43. The van der Waals surface area contributed by atoms with Crippen LogP contribution in [0.5, 0.6) is 0 Å². The van der Waals surface area contributed by atoms with Crippen LogP contribution in [0.2, 0.25) is 0 Å². The number of morpholine rings is 1. The van der Waals surface area contributed by atoms with Gasteiger partial charge in [-0.3, -0.25) is 4.79 Å². The molecule has 1 aliphatic rings. The fraction of sp³-hybridized carbons (Fsp3) is 0.190. The Morgan fingerprint density at radius 2 is 1.00 bits per heavy atom. The molecule has 0 atom stereocenters. The van der Waals surface area contributed by atoms with Crippen LogP contribution in [0.15, 0.2) is 162 Å². The molecule has 5 aromatic rings. The molecule has 9 nitrogen and oxygen atoms in total. The maximum Gasteiger partial charge on any atom is 0.276 e. The summed E-state index contributed by atoms with van der Waals surface area (Å²) in [6.07, 6.45) is 0. The molecule has 5 aromatic carbocycles. The van der Waals surface area contributed by atoms with Crippen LogP contribution in [-0.2, 0) is 9.53 Å². The fourth-order valence-corrected chi connectivity index (χ4v) is 11.1. The van der Waals surface area contributed by atoms with E-state index in [0.29, 0.717) is 32.0 Å². The van der Waals surface area contributed by atoms with E-state index in [0.717, 1.165) is 51.3 Å². The summed E-state index contributed by atoms with van der Waals surface area (Å²) in [5.74, 6) is 0.711. The number of nitrogens with zero attached hydrogens (tertiary/aromatic N) is 3. The molecule has 0 N–H and O–H groups in total. The zero-order valence-electron chi connectivity index (χ0n) is 29.8. The van der Waals surface area contributed by atoms with Crippen molar-refractivity contribution in [1.82, 2.24) is 9.80 Å². The number of halogens is 1. The van der Waals surface area contributed by atoms with Crippen LogP contribution in [0.1, 0.15) is 25.0 Å². The Morgan fingerprint density at radius 1 is 0.642 bits per heavy atom. The molecule has 11 heteroatoms. The van der Waals surface area contributed by atoms with E-state index >= 15 is 4.79 Å². The van der Waals surface area contributed by atoms with Crippen molar-refractivity contribution in [2.45, 2.75) is 13.8 Å². The smallest absolute Gasteiger partial charge is 0.276 e. The summed E-state index contributed by atoms with van der Waals surface area (Å²) in [4.78, 5) is 25.1. The SMILES string of the molecule is CCN(CC)C(=NC(C(=O)N1CCOCC1)=C(c1ccccc1)[P+](c1ccccc1)(c1ccccc1)c1ccccc1)c1ccccc1.[O-][Cl+3]([O-])([O-])[O-]. The summed E-state index contributed by atoms with van der Waals surface area (Å²) in [6, 6.07) is 52.9. The van der Waals surface area contributed by atoms with Crippen LogP contribution in [0.3, 0.4) is 0 Å². The van der Waals surface area contributed by atoms with Gasteiger partial charge in [0.2, 0.25) is 0 Å². The quantitative estimate of drug-likeness (QED) is 0.0925. The van der Waals surface area contributed by atoms with E-state index in [-0.39, 0.29) is 5.91 Å². The van der Waals surface area contributed by atoms with Gasteiger partial charge in [-0.1, -0.05) is 115 Å². The van der Waals surface area contributed by atoms with Gasteiger partial charge < -0.3 is 14.5 Å². The number of hydrogen-bond donors (Lipinski definition) is 0. The monoisotopic (exact) mass is 751 g/mol. The third-order valence-corrected chi connectivity index (χ3v) is 13.2. The highest BCUT2D eigenvalue weighted by Crippen LogP contribution is 2.67. The normalized spacial score (nSPS) is 14.1. The molecule has 1 amide bonds. The van der Waals surface area contributed by atoms with Gasteiger partial charge in [-0.05, 0) is 50.2 Å². The van der Waals surface area contributed by atoms with Gasteiger partial charge in [-0.2, -0.15) is 0 Å². The van der Waals surface area contributed by atoms with Crippen molar-refractivity contribution < 1.29 is 38.4 Å². The third-order valence-electron chi connectivity index (χ3n) is 8.85. The predicted octanol–water partition coefficient (Wildman–Crippen LogP) is 2.24. The Balaban J connectivity index is 0.00000101. The highest BCUT2D eigenvalue weighted by atomic mass is 35.7. The molecule has 1 aliphatic heterocycles. The largest absolute Gasteiger partial charge is 0.378 e. The van der Waals surface area contributed by atoms with E-state index in [4.69, 9.17) is 28.4 Å². The molecule has 1 fully saturated rings. The van der Waals surface area contributed by atoms with Gasteiger partial charge in [0, 0.05) is 37.3 Å². The van der Waals surface area contributed by atoms with E-state index in [1.54, 1.807) is 0 Å². The Labute approximate surface area is 314 Å². The number of benzene rings is 5. The Bertz CT molecular complexity index is 1830. The maximum atomic E-state index is 15.3. The predicted molar refractivity (Wildman–Crippen MR) is 202 cm³/mol. The average molecular weight is 752 g/mol. The van der Waals surface area contributed by atoms with Crippen molar-refractivity contribution in [3.05, 3.63) is 168 Å². The van der Waals surface area contributed by atoms with Crippen molar-refractivity contribution in [3.8, 4) is 0 Å². The van der Waals surface area contributed by atoms with Gasteiger partial charge in [0.15, 0.2) is 5.70 Å². The standard InChI is InChI=1S/C42H43N3O2P.ClHO4/c1-3-44(4-2)41(35-22-12-6-13-23-35)43-39(42(46)45-30-32-47-33-31-45)40(34-20-10-5-11-21-34)48(36-24-14-7-15-25-36,37-26-16-8-17-27-37)38-28-18-9-19-29-38;2-1(3,4)5/h5-29H,3-4,30-33H2,1-2H3;(H,2,3,4,5)/q+1;/p-1. The van der Waals surface area contributed by atoms with E-state index in [1.807, 2.05) is 29.2 Å². The van der Waals surface area contributed by atoms with Crippen LogP contribution in [0, 0.1) is 10.2 Å². The molecule has 274 valence electrons. The first-order valence-corrected chi connectivity index (χ1v) is 20.4. The van der Waals surface area contributed by atoms with E-state index in [1.165, 1.54) is 0 Å². The molecule has 0 bridgehead atoms. The average Bonchev–Trinajstić information content (AvgIpc) is 3.20. The summed E-state index contributed by atoms with van der Waals surface area (Å²) in [5, 5.41) is 4.43. The van der Waals surface area contributed by atoms with Crippen LogP contribution < -0.4 is 34.5 Å². The lowest BCUT2D eigenvalue weighted by Crippen LogP contribution is -2.68. The number of aliphatic imine (C=N–C) groups is 1. The highest BCUT2D eigenvalue weighted by Gasteiger charge is 2.53. The first kappa shape index (κ1) is 39.5. The number of amidine groups is 1. The molecule has 0 aromatic heterocycles. The molecular weight excluding hydrogens is 709 g/mol. The van der Waals surface area contributed by atoms with Gasteiger partial charge in [0.25, 0.3) is 5.91 Å². The summed E-state index contributed by atoms with van der Waals surface area (Å²) < 4.78 is 39.7. The lowest BCUT2D eigenvalue weighted by Gasteiger charge is -2.33. The topological polar surface area (TPSA) is 137 Å². The number of hydrogen-bond acceptors (Lipinski definition) is 7. The van der Waals surface area contributed by atoms with Gasteiger partial charge in [0.1, 0.15) is 34.3 Å². The zero-order valence-corrected chi connectivity index (χ0v) is 31.4. The number of rotatable bonds is 10. The van der Waals surface area contributed by atoms with E-state index in [2.05, 4.69) is 146 Å². The second-order valence-corrected chi connectivity index (χ2v) is 16.1. The third kappa shape index (κ3) is 9.84. The summed E-state index contributed by atoms with van der Waals surface area (Å²) in [6.45, 7) is 7.81. The maximum absolute atomic E-state index is 15.3. The van der Waals surface area contributed by atoms with Crippen molar-refractivity contribution in [2.75, 3.05) is 39.4 Å². The van der Waals surface area contributed by atoms with Crippen molar-refractivity contribution in [3.63, 3.8) is 0 Å². The molecule has 1 saturated heterocycles. The minimum atomic E-state index is -4.94. The molecule has 0 radical (unpaired) electrons. The van der Waals surface area contributed by atoms with E-state index in [9.17, 15) is 0 Å². The van der Waals surface area contributed by atoms with Crippen LogP contribution in [0.4, 0.5) is 0 Å². The molecule has 53 heavy (non-hydrogen) atoms. The molecule has 0 aliphatic carbocycles. The molecular formula is C42H43ClN3O6P. The number of ether oxygens (including phenoxy) is 1. The minimum absolute atomic E-state index is 0.0788. The van der Waals surface area contributed by atoms with Crippen molar-refractivity contribution >= 4 is 40.2 Å². The fourth-order valence-electron chi connectivity index (χ4n) is 6.53. The van der Waals surface area contributed by atoms with Crippen LogP contribution in [0.25, 0.3) is 5.31 Å². The lowest BCUT2D eigenvalue weighted by molar-refractivity contribution is -2.00. The Kier molecular flexibility index (Phi) is 14.1. The van der Waals surface area contributed by atoms with Crippen molar-refractivity contribution in [2.24, 2.45) is 4.99 Å². The zero-order chi connectivity index (χ0) is 37.7. The second kappa shape index (κ2) is 18.9. The highest BCUT2D eigenvalue weighted by molar-refractivity contribution is 8.03. The van der Waals surface area contributed by atoms with Crippen LogP contribution >= 0.6 is 7.26 Å². The van der Waals surface area contributed by atoms with Crippen molar-refractivity contribution in [1.29, 1.82) is 0 Å². The van der Waals surface area contributed by atoms with Gasteiger partial charge in [-0.15, -0.1) is 10.2 Å². The van der Waals surface area contributed by atoms with Gasteiger partial charge in [0.05, 0.1) is 13.2 Å². The molecule has 0 spiro atoms. The number of carbonyl (C=O) groups excluding carboxylic acids is 1. The number of carbonyl (C=O) groups is 1. The van der Waals surface area contributed by atoms with Crippen LogP contribution in [-0.4, -0.2) is 60.9 Å². The molecule has 0 unspecified atom stereocenters. The van der Waals surface area contributed by atoms with E-state index < -0.39 is 17.5 Å². The Morgan fingerprint density at radius 3 is 1.38 bits per heavy atom.